The number of hydrogen-bond acceptors (Lipinski definition) is 11. The lowest BCUT2D eigenvalue weighted by Crippen LogP contribution is -2.27. The number of carbonyl (C=O) groups is 2. The maximum Gasteiger partial charge on any atom is 0.255 e. The average molecular weight is 751 g/mol. The second kappa shape index (κ2) is 20.9. The van der Waals surface area contributed by atoms with Gasteiger partial charge < -0.3 is 33.6 Å². The Morgan fingerprint density at radius 2 is 0.873 bits per heavy atom. The first-order valence-electron chi connectivity index (χ1n) is 16.1. The number of guanidine groups is 3. The number of hydrogen-bond donors (Lipinski definition) is 14. The summed E-state index contributed by atoms with van der Waals surface area (Å²) in [6.45, 7) is 10.6. The zero-order chi connectivity index (χ0) is 41.2. The van der Waals surface area contributed by atoms with E-state index in [0.717, 1.165) is 6.34 Å². The molecular weight excluding hydrogens is 705 g/mol. The van der Waals surface area contributed by atoms with Crippen molar-refractivity contribution in [2.75, 3.05) is 17.7 Å². The molecule has 0 fully saturated rings. The highest BCUT2D eigenvalue weighted by atomic mass is 16.2. The molecule has 288 valence electrons. The fourth-order valence-electron chi connectivity index (χ4n) is 4.49. The smallest absolute Gasteiger partial charge is 0.255 e. The van der Waals surface area contributed by atoms with Crippen LogP contribution in [0.5, 0.6) is 0 Å². The zero-order valence-electron chi connectivity index (χ0n) is 31.0. The van der Waals surface area contributed by atoms with Gasteiger partial charge in [-0.1, -0.05) is 12.7 Å². The van der Waals surface area contributed by atoms with Gasteiger partial charge in [0.2, 0.25) is 17.9 Å². The van der Waals surface area contributed by atoms with Gasteiger partial charge in [0.05, 0.1) is 29.2 Å². The van der Waals surface area contributed by atoms with Gasteiger partial charge in [-0.3, -0.25) is 36.7 Å². The van der Waals surface area contributed by atoms with Gasteiger partial charge in [0, 0.05) is 44.8 Å². The Morgan fingerprint density at radius 1 is 0.564 bits per heavy atom. The van der Waals surface area contributed by atoms with Crippen LogP contribution in [0.3, 0.4) is 0 Å². The van der Waals surface area contributed by atoms with Crippen molar-refractivity contribution >= 4 is 76.3 Å². The van der Waals surface area contributed by atoms with E-state index >= 15 is 0 Å². The summed E-state index contributed by atoms with van der Waals surface area (Å²) in [7, 11) is 1.50. The minimum atomic E-state index is -0.543. The van der Waals surface area contributed by atoms with E-state index in [0.29, 0.717) is 62.0 Å². The molecule has 18 N–H and O–H groups in total. The van der Waals surface area contributed by atoms with Gasteiger partial charge in [0.1, 0.15) is 0 Å². The predicted octanol–water partition coefficient (Wildman–Crippen LogP) is 1.95. The molecule has 0 saturated heterocycles. The molecule has 0 aromatic heterocycles. The van der Waals surface area contributed by atoms with Gasteiger partial charge in [-0.25, -0.2) is 16.3 Å². The van der Waals surface area contributed by atoms with Crippen molar-refractivity contribution in [3.63, 3.8) is 0 Å². The van der Waals surface area contributed by atoms with Crippen LogP contribution in [0, 0.1) is 21.6 Å². The van der Waals surface area contributed by atoms with Crippen LogP contribution in [0.2, 0.25) is 0 Å². The normalized spacial score (nSPS) is 11.5. The molecule has 0 heterocycles. The van der Waals surface area contributed by atoms with E-state index in [1.54, 1.807) is 76.2 Å². The fraction of sp³-hybridized carbons (Fsp3) is 0.143. The molecule has 20 heteroatoms. The van der Waals surface area contributed by atoms with Gasteiger partial charge >= 0.3 is 0 Å². The lowest BCUT2D eigenvalue weighted by molar-refractivity contribution is 0.102. The maximum atomic E-state index is 13.7. The van der Waals surface area contributed by atoms with Crippen molar-refractivity contribution in [3.8, 4) is 0 Å². The third-order valence-electron chi connectivity index (χ3n) is 7.10. The first kappa shape index (κ1) is 43.4. The number of amides is 2. The highest BCUT2D eigenvalue weighted by Gasteiger charge is 2.16. The predicted molar refractivity (Wildman–Crippen MR) is 221 cm³/mol. The summed E-state index contributed by atoms with van der Waals surface area (Å²) in [6.07, 6.45) is 2.43. The molecule has 55 heavy (non-hydrogen) atoms. The molecule has 3 aromatic rings. The lowest BCUT2D eigenvalue weighted by Gasteiger charge is -2.14. The number of benzene rings is 3. The van der Waals surface area contributed by atoms with Gasteiger partial charge in [0.15, 0.2) is 0 Å². The van der Waals surface area contributed by atoms with Crippen molar-refractivity contribution in [1.82, 2.24) is 21.7 Å². The van der Waals surface area contributed by atoms with Gasteiger partial charge in [-0.2, -0.15) is 20.4 Å². The molecule has 3 aromatic carbocycles. The van der Waals surface area contributed by atoms with Crippen LogP contribution < -0.4 is 55.3 Å². The fourth-order valence-corrected chi connectivity index (χ4v) is 4.49. The molecular formula is C35H46N18O2. The molecule has 3 rings (SSSR count). The lowest BCUT2D eigenvalue weighted by atomic mass is 10.0. The van der Waals surface area contributed by atoms with E-state index in [9.17, 15) is 9.59 Å². The second-order valence-electron chi connectivity index (χ2n) is 11.2. The van der Waals surface area contributed by atoms with Gasteiger partial charge in [0.25, 0.3) is 11.8 Å². The van der Waals surface area contributed by atoms with Gasteiger partial charge in [-0.05, 0) is 94.9 Å². The Bertz CT molecular complexity index is 2050. The molecule has 0 spiro atoms. The summed E-state index contributed by atoms with van der Waals surface area (Å²) < 4.78 is 0. The molecule has 2 amide bonds. The highest BCUT2D eigenvalue weighted by molar-refractivity contribution is 6.12. The van der Waals surface area contributed by atoms with Crippen LogP contribution in [-0.4, -0.2) is 65.9 Å². The molecule has 0 atom stereocenters. The molecule has 0 bridgehead atoms. The van der Waals surface area contributed by atoms with E-state index in [1.807, 2.05) is 0 Å². The van der Waals surface area contributed by atoms with E-state index in [4.69, 9.17) is 38.8 Å². The number of nitrogens with two attached hydrogens (primary N) is 4. The van der Waals surface area contributed by atoms with E-state index in [2.05, 4.69) is 65.1 Å². The highest BCUT2D eigenvalue weighted by Crippen LogP contribution is 2.22. The van der Waals surface area contributed by atoms with Gasteiger partial charge in [-0.15, -0.1) is 0 Å². The topological polar surface area (TPSA) is 355 Å². The van der Waals surface area contributed by atoms with Crippen molar-refractivity contribution in [2.24, 2.45) is 43.3 Å². The molecule has 0 aliphatic carbocycles. The molecule has 0 saturated carbocycles. The molecule has 0 aliphatic heterocycles. The minimum absolute atomic E-state index is 0.153. The van der Waals surface area contributed by atoms with E-state index < -0.39 is 11.8 Å². The van der Waals surface area contributed by atoms with Crippen LogP contribution in [0.4, 0.5) is 11.4 Å². The van der Waals surface area contributed by atoms with E-state index in [1.165, 1.54) is 19.2 Å². The van der Waals surface area contributed by atoms with Crippen LogP contribution >= 0.6 is 0 Å². The first-order valence-corrected chi connectivity index (χ1v) is 16.1. The third-order valence-corrected chi connectivity index (χ3v) is 7.10. The van der Waals surface area contributed by atoms with Crippen LogP contribution in [0.1, 0.15) is 76.2 Å². The van der Waals surface area contributed by atoms with Crippen molar-refractivity contribution in [1.29, 1.82) is 21.6 Å². The zero-order valence-corrected chi connectivity index (χ0v) is 31.0. The van der Waals surface area contributed by atoms with Crippen LogP contribution in [0.15, 0.2) is 81.6 Å². The molecule has 0 radical (unpaired) electrons. The molecule has 0 unspecified atom stereocenters. The summed E-state index contributed by atoms with van der Waals surface area (Å²) >= 11 is 0. The quantitative estimate of drug-likeness (QED) is 0.0645. The van der Waals surface area contributed by atoms with Crippen LogP contribution in [0.25, 0.3) is 6.08 Å². The van der Waals surface area contributed by atoms with Crippen molar-refractivity contribution in [3.05, 3.63) is 100 Å². The van der Waals surface area contributed by atoms with Crippen LogP contribution in [-0.2, 0) is 0 Å². The largest absolute Gasteiger partial charge is 0.369 e. The molecule has 20 nitrogen and oxygen atoms in total. The number of nitrogens with zero attached hydrogens (tertiary/aromatic N) is 4. The third kappa shape index (κ3) is 13.7. The molecule has 0 aliphatic rings. The number of hydrazone groups is 4. The van der Waals surface area contributed by atoms with E-state index in [-0.39, 0.29) is 29.0 Å². The maximum absolute atomic E-state index is 13.7. The number of rotatable bonds is 14. The number of nitrogens with one attached hydrogen (secondary N) is 10. The first-order chi connectivity index (χ1) is 26.1. The summed E-state index contributed by atoms with van der Waals surface area (Å²) in [5.74, 6) is -2.15. The summed E-state index contributed by atoms with van der Waals surface area (Å²) in [4.78, 5) is 27.4. The Hall–Kier alpha value is -7.74. The average Bonchev–Trinajstić information content (AvgIpc) is 3.17. The number of anilines is 2. The monoisotopic (exact) mass is 750 g/mol. The summed E-state index contributed by atoms with van der Waals surface area (Å²) in [5, 5.41) is 51.5. The minimum Gasteiger partial charge on any atom is -0.369 e. The Labute approximate surface area is 317 Å². The number of carbonyl (C=O) groups excluding carboxylic acids is 2. The Kier molecular flexibility index (Phi) is 16.5. The Balaban J connectivity index is 0.00000514. The second-order valence-corrected chi connectivity index (χ2v) is 11.2. The van der Waals surface area contributed by atoms with Crippen molar-refractivity contribution in [2.45, 2.75) is 27.7 Å². The summed E-state index contributed by atoms with van der Waals surface area (Å²) in [6, 6.07) is 14.8. The van der Waals surface area contributed by atoms with Crippen molar-refractivity contribution < 1.29 is 9.59 Å². The Morgan fingerprint density at radius 3 is 1.16 bits per heavy atom. The summed E-state index contributed by atoms with van der Waals surface area (Å²) in [5.41, 5.74) is 35.9. The standard InChI is InChI=1S/C34H41N17O2.CH5N/c1-6-21-7-26(30(52)43-28-12-22(17(2)45-42-16-35)9-23(13-28)18(3)46-49-32(36)37)11-27(8-21)31(53)44-29-14-24(19(4)47-50-33(38)39)10-25(15-29)20(5)48-51-34(40)41;1-2/h6-16H,1H2,2-5H3,(H2,35,42)(H,43,52)(H,44,53)(H4,36,37,49)(H4,38,39,50)(H4,40,41,51);2H2,1H3/b45-17-,46-18-,47-19-,48-20+;. The SMILES string of the molecule is C=Cc1cc(C(=O)Nc2cc(/C(C)=N\NC=N)cc(/C(C)=N\NC(=N)N)c2)cc(C(=O)Nc2cc(/C(C)=N\NC(=N)N)cc(/C(C)=N/NC(=N)N)c2)c1.CN.